The number of halogens is 3. The Morgan fingerprint density at radius 2 is 1.73 bits per heavy atom. The lowest BCUT2D eigenvalue weighted by Crippen LogP contribution is -2.12. The van der Waals surface area contributed by atoms with Crippen molar-refractivity contribution >= 4 is 13.5 Å². The Hall–Kier alpha value is -1.37. The van der Waals surface area contributed by atoms with Crippen molar-refractivity contribution in [3.05, 3.63) is 35.4 Å². The molecule has 9 heteroatoms. The van der Waals surface area contributed by atoms with Gasteiger partial charge in [-0.05, 0) is 26.8 Å². The third-order valence-electron chi connectivity index (χ3n) is 2.47. The van der Waals surface area contributed by atoms with Crippen molar-refractivity contribution in [2.75, 3.05) is 13.2 Å². The van der Waals surface area contributed by atoms with Crippen LogP contribution >= 0.6 is 7.82 Å². The second kappa shape index (κ2) is 7.76. The number of nitrogens with zero attached hydrogens (tertiary/aromatic N) is 1. The van der Waals surface area contributed by atoms with E-state index in [9.17, 15) is 17.7 Å². The summed E-state index contributed by atoms with van der Waals surface area (Å²) in [5.41, 5.74) is -1.12. The lowest BCUT2D eigenvalue weighted by Gasteiger charge is -2.15. The average molecular weight is 339 g/mol. The van der Waals surface area contributed by atoms with E-state index in [1.807, 2.05) is 0 Å². The number of oxime groups is 1. The summed E-state index contributed by atoms with van der Waals surface area (Å²) in [5, 5.41) is 3.48. The van der Waals surface area contributed by atoms with Crippen LogP contribution in [-0.2, 0) is 24.4 Å². The number of rotatable bonds is 7. The van der Waals surface area contributed by atoms with E-state index in [1.165, 1.54) is 25.1 Å². The molecule has 0 N–H and O–H groups in total. The largest absolute Gasteiger partial charge is 0.550 e. The Morgan fingerprint density at radius 1 is 1.18 bits per heavy atom. The molecular weight excluding hydrogens is 322 g/mol. The quantitative estimate of drug-likeness (QED) is 0.413. The maximum absolute atomic E-state index is 12.9. The van der Waals surface area contributed by atoms with Gasteiger partial charge in [-0.25, -0.2) is 4.57 Å². The van der Waals surface area contributed by atoms with Gasteiger partial charge in [0.05, 0.1) is 24.5 Å². The van der Waals surface area contributed by atoms with Crippen molar-refractivity contribution in [1.82, 2.24) is 0 Å². The van der Waals surface area contributed by atoms with Crippen LogP contribution in [0.3, 0.4) is 0 Å². The van der Waals surface area contributed by atoms with E-state index in [1.54, 1.807) is 13.8 Å². The number of hydrogen-bond acceptors (Lipinski definition) is 5. The van der Waals surface area contributed by atoms with Crippen molar-refractivity contribution in [2.24, 2.45) is 5.16 Å². The molecule has 1 rings (SSSR count). The molecule has 0 aliphatic carbocycles. The zero-order valence-corrected chi connectivity index (χ0v) is 13.3. The topological polar surface area (TPSA) is 57.1 Å². The van der Waals surface area contributed by atoms with Crippen molar-refractivity contribution in [1.29, 1.82) is 0 Å². The highest BCUT2D eigenvalue weighted by Crippen LogP contribution is 2.49. The van der Waals surface area contributed by atoms with E-state index in [2.05, 4.69) is 5.16 Å². The van der Waals surface area contributed by atoms with Gasteiger partial charge in [-0.1, -0.05) is 23.4 Å². The van der Waals surface area contributed by atoms with Crippen LogP contribution in [0, 0.1) is 0 Å². The van der Waals surface area contributed by atoms with Gasteiger partial charge in [0.1, 0.15) is 0 Å². The fourth-order valence-corrected chi connectivity index (χ4v) is 2.63. The van der Waals surface area contributed by atoms with Gasteiger partial charge in [-0.15, -0.1) is 0 Å². The number of hydrogen-bond donors (Lipinski definition) is 0. The lowest BCUT2D eigenvalue weighted by molar-refractivity contribution is -0.137. The number of benzene rings is 1. The minimum Gasteiger partial charge on any atom is -0.292 e. The highest BCUT2D eigenvalue weighted by atomic mass is 31.2. The van der Waals surface area contributed by atoms with Crippen molar-refractivity contribution in [3.8, 4) is 0 Å². The zero-order valence-electron chi connectivity index (χ0n) is 12.4. The van der Waals surface area contributed by atoms with Gasteiger partial charge in [-0.2, -0.15) is 13.2 Å². The molecule has 0 aliphatic heterocycles. The lowest BCUT2D eigenvalue weighted by atomic mass is 10.0. The van der Waals surface area contributed by atoms with Gasteiger partial charge in [0.25, 0.3) is 0 Å². The van der Waals surface area contributed by atoms with Crippen molar-refractivity contribution < 1.29 is 31.4 Å². The first-order chi connectivity index (χ1) is 10.2. The van der Waals surface area contributed by atoms with Crippen LogP contribution in [0.5, 0.6) is 0 Å². The number of alkyl halides is 3. The first-order valence-electron chi connectivity index (χ1n) is 6.52. The molecule has 0 amide bonds. The molecule has 0 saturated heterocycles. The summed E-state index contributed by atoms with van der Waals surface area (Å²) in [6.07, 6.45) is -4.53. The van der Waals surface area contributed by atoms with Crippen LogP contribution in [-0.4, -0.2) is 18.9 Å². The highest BCUT2D eigenvalue weighted by Gasteiger charge is 2.34. The molecule has 0 aromatic heterocycles. The predicted octanol–water partition coefficient (Wildman–Crippen LogP) is 4.63. The SMILES string of the molecule is CCOP(=O)(OCC)O/N=C(\C)c1ccccc1C(F)(F)F. The molecule has 1 aromatic rings. The van der Waals surface area contributed by atoms with Gasteiger partial charge in [-0.3, -0.25) is 13.7 Å². The first-order valence-corrected chi connectivity index (χ1v) is 7.98. The molecule has 0 aliphatic rings. The summed E-state index contributed by atoms with van der Waals surface area (Å²) in [6, 6.07) is 4.89. The van der Waals surface area contributed by atoms with E-state index in [4.69, 9.17) is 13.7 Å². The second-order valence-corrected chi connectivity index (χ2v) is 5.66. The highest BCUT2D eigenvalue weighted by molar-refractivity contribution is 7.48. The molecule has 0 unspecified atom stereocenters. The van der Waals surface area contributed by atoms with E-state index in [-0.39, 0.29) is 24.5 Å². The van der Waals surface area contributed by atoms with E-state index < -0.39 is 19.6 Å². The Bertz CT molecular complexity index is 565. The summed E-state index contributed by atoms with van der Waals surface area (Å²) < 4.78 is 65.2. The van der Waals surface area contributed by atoms with Gasteiger partial charge in [0, 0.05) is 5.56 Å². The Labute approximate surface area is 126 Å². The van der Waals surface area contributed by atoms with Gasteiger partial charge in [0.2, 0.25) is 0 Å². The van der Waals surface area contributed by atoms with E-state index in [0.717, 1.165) is 6.07 Å². The molecule has 0 spiro atoms. The molecule has 0 atom stereocenters. The molecular formula is C13H17F3NO4P. The number of phosphoric acid groups is 1. The fourth-order valence-electron chi connectivity index (χ4n) is 1.61. The maximum atomic E-state index is 12.9. The summed E-state index contributed by atoms with van der Waals surface area (Å²) >= 11 is 0. The van der Waals surface area contributed by atoms with Gasteiger partial charge >= 0.3 is 14.0 Å². The minimum absolute atomic E-state index is 0.0466. The van der Waals surface area contributed by atoms with Crippen LogP contribution in [0.4, 0.5) is 13.2 Å². The third-order valence-corrected chi connectivity index (χ3v) is 3.90. The smallest absolute Gasteiger partial charge is 0.292 e. The molecule has 5 nitrogen and oxygen atoms in total. The molecule has 0 bridgehead atoms. The molecule has 0 radical (unpaired) electrons. The molecule has 1 aromatic carbocycles. The molecule has 0 heterocycles. The third kappa shape index (κ3) is 5.12. The first kappa shape index (κ1) is 18.7. The summed E-state index contributed by atoms with van der Waals surface area (Å²) in [4.78, 5) is 0. The van der Waals surface area contributed by atoms with E-state index >= 15 is 0 Å². The molecule has 22 heavy (non-hydrogen) atoms. The Balaban J connectivity index is 3.06. The summed E-state index contributed by atoms with van der Waals surface area (Å²) in [6.45, 7) is 4.55. The van der Waals surface area contributed by atoms with Crippen molar-refractivity contribution in [2.45, 2.75) is 26.9 Å². The number of phosphoric ester groups is 1. The van der Waals surface area contributed by atoms with Crippen LogP contribution in [0.2, 0.25) is 0 Å². The second-order valence-electron chi connectivity index (χ2n) is 4.08. The summed E-state index contributed by atoms with van der Waals surface area (Å²) in [5.74, 6) is 0. The Morgan fingerprint density at radius 3 is 2.23 bits per heavy atom. The van der Waals surface area contributed by atoms with Crippen LogP contribution in [0.1, 0.15) is 31.9 Å². The van der Waals surface area contributed by atoms with Crippen LogP contribution in [0.15, 0.2) is 29.4 Å². The monoisotopic (exact) mass is 339 g/mol. The molecule has 124 valence electrons. The van der Waals surface area contributed by atoms with Gasteiger partial charge < -0.3 is 0 Å². The zero-order chi connectivity index (χ0) is 16.8. The predicted molar refractivity (Wildman–Crippen MR) is 75.6 cm³/mol. The normalized spacial score (nSPS) is 13.3. The summed E-state index contributed by atoms with van der Waals surface area (Å²) in [7, 11) is -3.92. The van der Waals surface area contributed by atoms with Gasteiger partial charge in [0.15, 0.2) is 0 Å². The standard InChI is InChI=1S/C13H17F3NO4P/c1-4-19-22(18,20-5-2)21-17-10(3)11-8-6-7-9-12(11)13(14,15)16/h6-9H,4-5H2,1-3H3/b17-10+. The molecule has 0 saturated carbocycles. The average Bonchev–Trinajstić information content (AvgIpc) is 2.44. The van der Waals surface area contributed by atoms with E-state index in [0.29, 0.717) is 0 Å². The minimum atomic E-state index is -4.53. The maximum Gasteiger partial charge on any atom is 0.550 e. The van der Waals surface area contributed by atoms with Crippen LogP contribution < -0.4 is 0 Å². The fraction of sp³-hybridized carbons (Fsp3) is 0.462. The van der Waals surface area contributed by atoms with Crippen LogP contribution in [0.25, 0.3) is 0 Å². The van der Waals surface area contributed by atoms with Crippen molar-refractivity contribution in [3.63, 3.8) is 0 Å². The Kier molecular flexibility index (Phi) is 6.59. The molecule has 0 fully saturated rings.